The molecule has 0 saturated heterocycles. The van der Waals surface area contributed by atoms with Crippen molar-refractivity contribution in [2.75, 3.05) is 18.9 Å². The van der Waals surface area contributed by atoms with Crippen LogP contribution in [0.5, 0.6) is 0 Å². The van der Waals surface area contributed by atoms with Crippen molar-refractivity contribution in [2.45, 2.75) is 44.4 Å². The molecule has 1 aromatic heterocycles. The topological polar surface area (TPSA) is 71.3 Å². The van der Waals surface area contributed by atoms with Crippen molar-refractivity contribution in [3.63, 3.8) is 0 Å². The monoisotopic (exact) mass is 362 g/mol. The van der Waals surface area contributed by atoms with Gasteiger partial charge in [-0.15, -0.1) is 0 Å². The van der Waals surface area contributed by atoms with Crippen molar-refractivity contribution in [2.24, 2.45) is 0 Å². The summed E-state index contributed by atoms with van der Waals surface area (Å²) in [5, 5.41) is 7.46. The highest BCUT2D eigenvalue weighted by atomic mass is 35.5. The van der Waals surface area contributed by atoms with Gasteiger partial charge in [-0.25, -0.2) is 4.79 Å². The summed E-state index contributed by atoms with van der Waals surface area (Å²) in [7, 11) is 1.74. The predicted molar refractivity (Wildman–Crippen MR) is 96.9 cm³/mol. The summed E-state index contributed by atoms with van der Waals surface area (Å²) >= 11 is 5.92. The maximum absolute atomic E-state index is 12.2. The first-order chi connectivity index (χ1) is 12.1. The van der Waals surface area contributed by atoms with Gasteiger partial charge in [-0.2, -0.15) is 4.98 Å². The van der Waals surface area contributed by atoms with Gasteiger partial charge in [0.05, 0.1) is 0 Å². The Kier molecular flexibility index (Phi) is 5.91. The van der Waals surface area contributed by atoms with Crippen LogP contribution in [-0.4, -0.2) is 34.7 Å². The Morgan fingerprint density at radius 1 is 1.36 bits per heavy atom. The molecule has 1 aliphatic carbocycles. The summed E-state index contributed by atoms with van der Waals surface area (Å²) in [5.74, 6) is 1.81. The number of halogens is 1. The SMILES string of the molecule is CN(CCc1noc(C2CCCCC2)n1)C(=O)Nc1cccc(Cl)c1. The first kappa shape index (κ1) is 17.7. The van der Waals surface area contributed by atoms with Gasteiger partial charge in [0.1, 0.15) is 0 Å². The quantitative estimate of drug-likeness (QED) is 0.851. The molecular formula is C18H23ClN4O2. The van der Waals surface area contributed by atoms with Crippen molar-refractivity contribution < 1.29 is 9.32 Å². The predicted octanol–water partition coefficient (Wildman–Crippen LogP) is 4.48. The molecule has 1 saturated carbocycles. The van der Waals surface area contributed by atoms with Crippen molar-refractivity contribution in [3.05, 3.63) is 41.0 Å². The number of nitrogens with zero attached hydrogens (tertiary/aromatic N) is 3. The number of nitrogens with one attached hydrogen (secondary N) is 1. The Balaban J connectivity index is 1.49. The average Bonchev–Trinajstić information content (AvgIpc) is 3.09. The average molecular weight is 363 g/mol. The number of aromatic nitrogens is 2. The van der Waals surface area contributed by atoms with Gasteiger partial charge >= 0.3 is 6.03 Å². The van der Waals surface area contributed by atoms with E-state index in [1.165, 1.54) is 19.3 Å². The van der Waals surface area contributed by atoms with E-state index in [2.05, 4.69) is 15.5 Å². The zero-order chi connectivity index (χ0) is 17.6. The Bertz CT molecular complexity index is 713. The van der Waals surface area contributed by atoms with Gasteiger partial charge < -0.3 is 14.7 Å². The van der Waals surface area contributed by atoms with Crippen LogP contribution < -0.4 is 5.32 Å². The molecule has 2 aromatic rings. The maximum atomic E-state index is 12.2. The molecule has 134 valence electrons. The standard InChI is InChI=1S/C18H23ClN4O2/c1-23(18(24)20-15-9-5-8-14(19)12-15)11-10-16-21-17(25-22-16)13-6-3-2-4-7-13/h5,8-9,12-13H,2-4,6-7,10-11H2,1H3,(H,20,24). The van der Waals surface area contributed by atoms with E-state index in [9.17, 15) is 4.79 Å². The first-order valence-electron chi connectivity index (χ1n) is 8.72. The molecule has 0 radical (unpaired) electrons. The van der Waals surface area contributed by atoms with E-state index in [1.807, 2.05) is 0 Å². The van der Waals surface area contributed by atoms with Crippen molar-refractivity contribution >= 4 is 23.3 Å². The molecule has 3 rings (SSSR count). The van der Waals surface area contributed by atoms with Crippen molar-refractivity contribution in [1.29, 1.82) is 0 Å². The van der Waals surface area contributed by atoms with E-state index in [-0.39, 0.29) is 6.03 Å². The van der Waals surface area contributed by atoms with E-state index in [0.29, 0.717) is 35.4 Å². The van der Waals surface area contributed by atoms with Gasteiger partial charge in [0.2, 0.25) is 5.89 Å². The number of urea groups is 1. The second kappa shape index (κ2) is 8.34. The lowest BCUT2D eigenvalue weighted by Crippen LogP contribution is -2.33. The molecular weight excluding hydrogens is 340 g/mol. The fraction of sp³-hybridized carbons (Fsp3) is 0.500. The summed E-state index contributed by atoms with van der Waals surface area (Å²) in [5.41, 5.74) is 0.670. The molecule has 1 aliphatic rings. The summed E-state index contributed by atoms with van der Waals surface area (Å²) in [4.78, 5) is 18.3. The second-order valence-corrected chi connectivity index (χ2v) is 6.93. The summed E-state index contributed by atoms with van der Waals surface area (Å²) in [6, 6.07) is 6.87. The number of benzene rings is 1. The Morgan fingerprint density at radius 3 is 2.92 bits per heavy atom. The lowest BCUT2D eigenvalue weighted by Gasteiger charge is -2.17. The molecule has 0 unspecified atom stereocenters. The third-order valence-electron chi connectivity index (χ3n) is 4.53. The highest BCUT2D eigenvalue weighted by Gasteiger charge is 2.21. The van der Waals surface area contributed by atoms with Gasteiger partial charge in [-0.1, -0.05) is 42.1 Å². The zero-order valence-electron chi connectivity index (χ0n) is 14.4. The highest BCUT2D eigenvalue weighted by molar-refractivity contribution is 6.30. The molecule has 25 heavy (non-hydrogen) atoms. The number of hydrogen-bond donors (Lipinski definition) is 1. The molecule has 7 heteroatoms. The third kappa shape index (κ3) is 4.95. The van der Waals surface area contributed by atoms with Crippen LogP contribution in [0.15, 0.2) is 28.8 Å². The smallest absolute Gasteiger partial charge is 0.321 e. The lowest BCUT2D eigenvalue weighted by molar-refractivity contribution is 0.222. The number of carbonyl (C=O) groups is 1. The molecule has 0 aliphatic heterocycles. The molecule has 2 amide bonds. The van der Waals surface area contributed by atoms with Crippen LogP contribution in [0.3, 0.4) is 0 Å². The van der Waals surface area contributed by atoms with Gasteiger partial charge in [-0.05, 0) is 31.0 Å². The number of hydrogen-bond acceptors (Lipinski definition) is 4. The minimum Gasteiger partial charge on any atom is -0.339 e. The fourth-order valence-corrected chi connectivity index (χ4v) is 3.23. The summed E-state index contributed by atoms with van der Waals surface area (Å²) < 4.78 is 5.41. The third-order valence-corrected chi connectivity index (χ3v) is 4.77. The molecule has 0 atom stereocenters. The minimum atomic E-state index is -0.196. The molecule has 1 aromatic carbocycles. The number of carbonyl (C=O) groups excluding carboxylic acids is 1. The molecule has 6 nitrogen and oxygen atoms in total. The normalized spacial score (nSPS) is 15.1. The van der Waals surface area contributed by atoms with E-state index in [4.69, 9.17) is 16.1 Å². The second-order valence-electron chi connectivity index (χ2n) is 6.50. The van der Waals surface area contributed by atoms with Crippen LogP contribution in [-0.2, 0) is 6.42 Å². The van der Waals surface area contributed by atoms with Crippen LogP contribution in [0.25, 0.3) is 0 Å². The molecule has 1 N–H and O–H groups in total. The minimum absolute atomic E-state index is 0.196. The Labute approximate surface area is 152 Å². The van der Waals surface area contributed by atoms with E-state index >= 15 is 0 Å². The highest BCUT2D eigenvalue weighted by Crippen LogP contribution is 2.31. The maximum Gasteiger partial charge on any atom is 0.321 e. The van der Waals surface area contributed by atoms with Crippen molar-refractivity contribution in [1.82, 2.24) is 15.0 Å². The number of amides is 2. The van der Waals surface area contributed by atoms with Crippen LogP contribution >= 0.6 is 11.6 Å². The summed E-state index contributed by atoms with van der Waals surface area (Å²) in [6.07, 6.45) is 6.58. The molecule has 0 bridgehead atoms. The Hall–Kier alpha value is -2.08. The lowest BCUT2D eigenvalue weighted by atomic mass is 9.89. The summed E-state index contributed by atoms with van der Waals surface area (Å²) in [6.45, 7) is 0.510. The van der Waals surface area contributed by atoms with Crippen LogP contribution in [0.1, 0.15) is 49.7 Å². The van der Waals surface area contributed by atoms with E-state index < -0.39 is 0 Å². The van der Waals surface area contributed by atoms with Gasteiger partial charge in [-0.3, -0.25) is 0 Å². The van der Waals surface area contributed by atoms with E-state index in [1.54, 1.807) is 36.2 Å². The Morgan fingerprint density at radius 2 is 2.16 bits per heavy atom. The van der Waals surface area contributed by atoms with Crippen LogP contribution in [0.2, 0.25) is 5.02 Å². The first-order valence-corrected chi connectivity index (χ1v) is 9.10. The van der Waals surface area contributed by atoms with Gasteiger partial charge in [0.25, 0.3) is 0 Å². The fourth-order valence-electron chi connectivity index (χ4n) is 3.04. The number of likely N-dealkylation sites (N-methyl/N-ethyl adjacent to an activating group) is 1. The number of rotatable bonds is 5. The largest absolute Gasteiger partial charge is 0.339 e. The zero-order valence-corrected chi connectivity index (χ0v) is 15.1. The van der Waals surface area contributed by atoms with Crippen LogP contribution in [0, 0.1) is 0 Å². The molecule has 1 fully saturated rings. The van der Waals surface area contributed by atoms with E-state index in [0.717, 1.165) is 18.7 Å². The van der Waals surface area contributed by atoms with Gasteiger partial charge in [0.15, 0.2) is 5.82 Å². The van der Waals surface area contributed by atoms with Crippen molar-refractivity contribution in [3.8, 4) is 0 Å². The molecule has 0 spiro atoms. The molecule has 1 heterocycles. The van der Waals surface area contributed by atoms with Crippen LogP contribution in [0.4, 0.5) is 10.5 Å². The van der Waals surface area contributed by atoms with Gasteiger partial charge in [0, 0.05) is 36.6 Å². The number of anilines is 1.